The van der Waals surface area contributed by atoms with Gasteiger partial charge < -0.3 is 9.80 Å². The Morgan fingerprint density at radius 3 is 2.61 bits per heavy atom. The van der Waals surface area contributed by atoms with Crippen LogP contribution in [0, 0.1) is 0 Å². The Bertz CT molecular complexity index is 1390. The summed E-state index contributed by atoms with van der Waals surface area (Å²) in [4.78, 5) is 35.7. The first-order valence-corrected chi connectivity index (χ1v) is 11.5. The molecule has 2 aliphatic heterocycles. The largest absolute Gasteiger partial charge is 0.306 e. The van der Waals surface area contributed by atoms with E-state index >= 15 is 0 Å². The fraction of sp³-hybridized carbons (Fsp3) is 0.125. The average Bonchev–Trinajstić information content (AvgIpc) is 3.55. The third-order valence-electron chi connectivity index (χ3n) is 6.22. The number of benzene rings is 2. The third-order valence-corrected chi connectivity index (χ3v) is 7.19. The van der Waals surface area contributed by atoms with Crippen LogP contribution in [0.25, 0.3) is 11.3 Å². The van der Waals surface area contributed by atoms with Gasteiger partial charge in [0, 0.05) is 47.2 Å². The van der Waals surface area contributed by atoms with E-state index in [9.17, 15) is 9.59 Å². The van der Waals surface area contributed by atoms with Crippen LogP contribution in [0.3, 0.4) is 0 Å². The molecule has 0 N–H and O–H groups in total. The molecule has 4 heterocycles. The standard InChI is InChI=1S/C24H16ClN5O2S/c25-17-8-6-16(7-9-17)24-19-14-26-11-10-18(19)22(31)29(24)12-13-30(24)23(32)21-20(27-28-33-21)15-4-2-1-3-5-15/h1-11,14H,12-13H2. The zero-order chi connectivity index (χ0) is 22.6. The minimum absolute atomic E-state index is 0.122. The molecule has 7 nitrogen and oxygen atoms in total. The first kappa shape index (κ1) is 20.0. The molecule has 0 aliphatic carbocycles. The molecule has 2 amide bonds. The van der Waals surface area contributed by atoms with Crippen molar-refractivity contribution in [2.24, 2.45) is 0 Å². The Balaban J connectivity index is 1.55. The molecule has 6 rings (SSSR count). The van der Waals surface area contributed by atoms with Crippen LogP contribution in [0.15, 0.2) is 73.1 Å². The molecule has 0 spiro atoms. The van der Waals surface area contributed by atoms with Crippen molar-refractivity contribution in [1.29, 1.82) is 0 Å². The van der Waals surface area contributed by atoms with Crippen LogP contribution in [0.1, 0.15) is 31.2 Å². The zero-order valence-electron chi connectivity index (χ0n) is 17.2. The number of hydrogen-bond donors (Lipinski definition) is 0. The quantitative estimate of drug-likeness (QED) is 0.448. The lowest BCUT2D eigenvalue weighted by molar-refractivity contribution is 0.0378. The molecule has 1 unspecified atom stereocenters. The van der Waals surface area contributed by atoms with Crippen LogP contribution in [-0.2, 0) is 5.66 Å². The van der Waals surface area contributed by atoms with Crippen molar-refractivity contribution in [3.05, 3.63) is 99.6 Å². The second-order valence-corrected chi connectivity index (χ2v) is 9.02. The molecule has 2 aromatic heterocycles. The zero-order valence-corrected chi connectivity index (χ0v) is 18.8. The molecule has 0 saturated carbocycles. The molecule has 162 valence electrons. The van der Waals surface area contributed by atoms with Crippen molar-refractivity contribution in [3.63, 3.8) is 0 Å². The first-order chi connectivity index (χ1) is 16.1. The fourth-order valence-electron chi connectivity index (χ4n) is 4.85. The van der Waals surface area contributed by atoms with E-state index in [1.165, 1.54) is 0 Å². The maximum Gasteiger partial charge on any atom is 0.270 e. The summed E-state index contributed by atoms with van der Waals surface area (Å²) in [7, 11) is 0. The van der Waals surface area contributed by atoms with Gasteiger partial charge in [0.05, 0.1) is 5.56 Å². The molecule has 9 heteroatoms. The second kappa shape index (κ2) is 7.47. The maximum atomic E-state index is 14.1. The van der Waals surface area contributed by atoms with Crippen molar-refractivity contribution < 1.29 is 9.59 Å². The van der Waals surface area contributed by atoms with Crippen LogP contribution in [-0.4, -0.2) is 49.3 Å². The summed E-state index contributed by atoms with van der Waals surface area (Å²) in [6, 6.07) is 18.5. The highest BCUT2D eigenvalue weighted by atomic mass is 35.5. The van der Waals surface area contributed by atoms with Gasteiger partial charge >= 0.3 is 0 Å². The SMILES string of the molecule is O=C1c2ccncc2C2(c3ccc(Cl)cc3)N1CCN2C(=O)c1snnc1-c1ccccc1. The number of hydrogen-bond acceptors (Lipinski definition) is 6. The summed E-state index contributed by atoms with van der Waals surface area (Å²) in [5.74, 6) is -0.353. The smallest absolute Gasteiger partial charge is 0.270 e. The minimum atomic E-state index is -1.11. The van der Waals surface area contributed by atoms with E-state index in [0.29, 0.717) is 39.8 Å². The van der Waals surface area contributed by atoms with E-state index in [0.717, 1.165) is 22.7 Å². The molecule has 33 heavy (non-hydrogen) atoms. The molecule has 0 radical (unpaired) electrons. The molecule has 1 fully saturated rings. The number of fused-ring (bicyclic) bond motifs is 3. The Hall–Kier alpha value is -3.62. The normalized spacial score (nSPS) is 19.0. The molecule has 2 aliphatic rings. The predicted octanol–water partition coefficient (Wildman–Crippen LogP) is 4.07. The minimum Gasteiger partial charge on any atom is -0.306 e. The van der Waals surface area contributed by atoms with E-state index in [1.807, 2.05) is 42.5 Å². The molecular weight excluding hydrogens is 458 g/mol. The van der Waals surface area contributed by atoms with Crippen LogP contribution in [0.4, 0.5) is 0 Å². The molecular formula is C24H16ClN5O2S. The lowest BCUT2D eigenvalue weighted by atomic mass is 9.91. The van der Waals surface area contributed by atoms with Crippen molar-refractivity contribution in [2.75, 3.05) is 13.1 Å². The van der Waals surface area contributed by atoms with Gasteiger partial charge in [-0.2, -0.15) is 0 Å². The Morgan fingerprint density at radius 1 is 1.03 bits per heavy atom. The summed E-state index contributed by atoms with van der Waals surface area (Å²) in [5.41, 5.74) is 2.24. The van der Waals surface area contributed by atoms with Crippen LogP contribution >= 0.6 is 23.1 Å². The number of carbonyl (C=O) groups is 2. The van der Waals surface area contributed by atoms with Gasteiger partial charge in [0.1, 0.15) is 10.6 Å². The number of carbonyl (C=O) groups excluding carboxylic acids is 2. The van der Waals surface area contributed by atoms with E-state index in [-0.39, 0.29) is 11.8 Å². The maximum absolute atomic E-state index is 14.1. The topological polar surface area (TPSA) is 79.3 Å². The number of rotatable bonds is 3. The van der Waals surface area contributed by atoms with Gasteiger partial charge in [-0.3, -0.25) is 14.6 Å². The van der Waals surface area contributed by atoms with Crippen molar-refractivity contribution >= 4 is 34.9 Å². The fourth-order valence-corrected chi connectivity index (χ4v) is 5.61. The van der Waals surface area contributed by atoms with E-state index in [4.69, 9.17) is 11.6 Å². The summed E-state index contributed by atoms with van der Waals surface area (Å²) in [6.07, 6.45) is 3.28. The summed E-state index contributed by atoms with van der Waals surface area (Å²) < 4.78 is 4.08. The van der Waals surface area contributed by atoms with Crippen LogP contribution in [0.5, 0.6) is 0 Å². The molecule has 4 aromatic rings. The van der Waals surface area contributed by atoms with E-state index in [2.05, 4.69) is 14.6 Å². The number of amides is 2. The van der Waals surface area contributed by atoms with Gasteiger partial charge in [-0.1, -0.05) is 58.6 Å². The highest BCUT2D eigenvalue weighted by Gasteiger charge is 2.60. The van der Waals surface area contributed by atoms with Gasteiger partial charge in [-0.05, 0) is 29.7 Å². The number of pyridine rings is 1. The highest BCUT2D eigenvalue weighted by Crippen LogP contribution is 2.50. The van der Waals surface area contributed by atoms with Crippen molar-refractivity contribution in [3.8, 4) is 11.3 Å². The number of aromatic nitrogens is 3. The van der Waals surface area contributed by atoms with Crippen LogP contribution < -0.4 is 0 Å². The first-order valence-electron chi connectivity index (χ1n) is 10.3. The molecule has 0 bridgehead atoms. The lowest BCUT2D eigenvalue weighted by Gasteiger charge is -2.40. The second-order valence-electron chi connectivity index (χ2n) is 7.83. The van der Waals surface area contributed by atoms with Crippen molar-refractivity contribution in [1.82, 2.24) is 24.4 Å². The monoisotopic (exact) mass is 473 g/mol. The Kier molecular flexibility index (Phi) is 4.53. The van der Waals surface area contributed by atoms with E-state index < -0.39 is 5.66 Å². The van der Waals surface area contributed by atoms with Gasteiger partial charge in [0.2, 0.25) is 0 Å². The third kappa shape index (κ3) is 2.77. The number of nitrogens with zero attached hydrogens (tertiary/aromatic N) is 5. The van der Waals surface area contributed by atoms with Gasteiger partial charge in [-0.15, -0.1) is 5.10 Å². The average molecular weight is 474 g/mol. The molecule has 1 saturated heterocycles. The Morgan fingerprint density at radius 2 is 1.82 bits per heavy atom. The van der Waals surface area contributed by atoms with Gasteiger partial charge in [0.25, 0.3) is 11.8 Å². The summed E-state index contributed by atoms with van der Waals surface area (Å²) in [5, 5.41) is 4.82. The Labute approximate surface area is 198 Å². The summed E-state index contributed by atoms with van der Waals surface area (Å²) >= 11 is 7.23. The van der Waals surface area contributed by atoms with Crippen molar-refractivity contribution in [2.45, 2.75) is 5.66 Å². The lowest BCUT2D eigenvalue weighted by Crippen LogP contribution is -2.51. The molecule has 2 aromatic carbocycles. The van der Waals surface area contributed by atoms with Gasteiger partial charge in [-0.25, -0.2) is 0 Å². The van der Waals surface area contributed by atoms with Gasteiger partial charge in [0.15, 0.2) is 5.66 Å². The predicted molar refractivity (Wildman–Crippen MR) is 124 cm³/mol. The van der Waals surface area contributed by atoms with E-state index in [1.54, 1.807) is 40.4 Å². The summed E-state index contributed by atoms with van der Waals surface area (Å²) in [6.45, 7) is 0.766. The highest BCUT2D eigenvalue weighted by molar-refractivity contribution is 7.08. The molecule has 1 atom stereocenters. The number of halogens is 1. The van der Waals surface area contributed by atoms with Crippen LogP contribution in [0.2, 0.25) is 5.02 Å².